The molecule has 104 valence electrons. The maximum absolute atomic E-state index is 10.7. The Labute approximate surface area is 129 Å². The van der Waals surface area contributed by atoms with Crippen LogP contribution >= 0.6 is 23.2 Å². The number of aryl methyl sites for hydroxylation is 1. The van der Waals surface area contributed by atoms with Crippen LogP contribution in [0.3, 0.4) is 0 Å². The molecular formula is C17H16Cl2O. The molecule has 1 N–H and O–H groups in total. The third-order valence-electron chi connectivity index (χ3n) is 4.08. The van der Waals surface area contributed by atoms with Crippen molar-refractivity contribution in [3.05, 3.63) is 69.2 Å². The average Bonchev–Trinajstić information content (AvgIpc) is 2.49. The fourth-order valence-corrected chi connectivity index (χ4v) is 3.35. The van der Waals surface area contributed by atoms with Gasteiger partial charge in [0.15, 0.2) is 0 Å². The molecule has 2 aromatic rings. The Bertz CT molecular complexity index is 624. The lowest BCUT2D eigenvalue weighted by Gasteiger charge is -2.29. The van der Waals surface area contributed by atoms with E-state index in [1.165, 1.54) is 11.1 Å². The average molecular weight is 307 g/mol. The summed E-state index contributed by atoms with van der Waals surface area (Å²) in [6.07, 6.45) is 2.67. The van der Waals surface area contributed by atoms with E-state index in [1.54, 1.807) is 12.1 Å². The lowest BCUT2D eigenvalue weighted by Crippen LogP contribution is -2.17. The number of hydrogen-bond donors (Lipinski definition) is 1. The smallest absolute Gasteiger partial charge is 0.0859 e. The molecule has 1 nitrogen and oxygen atoms in total. The summed E-state index contributed by atoms with van der Waals surface area (Å²) < 4.78 is 0. The Kier molecular flexibility index (Phi) is 4.02. The van der Waals surface area contributed by atoms with E-state index in [9.17, 15) is 5.11 Å². The first-order chi connectivity index (χ1) is 9.66. The maximum atomic E-state index is 10.7. The van der Waals surface area contributed by atoms with E-state index in [1.807, 2.05) is 12.1 Å². The highest BCUT2D eigenvalue weighted by molar-refractivity contribution is 6.42. The van der Waals surface area contributed by atoms with Gasteiger partial charge in [-0.05, 0) is 48.1 Å². The van der Waals surface area contributed by atoms with Crippen LogP contribution in [0.4, 0.5) is 0 Å². The van der Waals surface area contributed by atoms with Gasteiger partial charge in [0.2, 0.25) is 0 Å². The molecule has 3 heteroatoms. The van der Waals surface area contributed by atoms with Crippen LogP contribution in [0, 0.1) is 0 Å². The van der Waals surface area contributed by atoms with Crippen molar-refractivity contribution in [2.45, 2.75) is 31.3 Å². The van der Waals surface area contributed by atoms with Crippen molar-refractivity contribution in [3.63, 3.8) is 0 Å². The zero-order chi connectivity index (χ0) is 14.1. The second-order valence-corrected chi connectivity index (χ2v) is 6.13. The van der Waals surface area contributed by atoms with Crippen molar-refractivity contribution < 1.29 is 5.11 Å². The molecule has 0 heterocycles. The van der Waals surface area contributed by atoms with E-state index < -0.39 is 6.10 Å². The van der Waals surface area contributed by atoms with Crippen LogP contribution in [0.5, 0.6) is 0 Å². The SMILES string of the molecule is OC(c1ccc(Cl)c(Cl)c1)C1CCCc2ccccc21. The molecular weight excluding hydrogens is 291 g/mol. The highest BCUT2D eigenvalue weighted by Gasteiger charge is 2.27. The molecule has 0 saturated heterocycles. The van der Waals surface area contributed by atoms with Crippen LogP contribution in [-0.4, -0.2) is 5.11 Å². The Morgan fingerprint density at radius 1 is 1.05 bits per heavy atom. The normalized spacial score (nSPS) is 19.4. The standard InChI is InChI=1S/C17H16Cl2O/c18-15-9-8-12(10-16(15)19)17(20)14-7-3-5-11-4-1-2-6-13(11)14/h1-2,4,6,8-10,14,17,20H,3,5,7H2. The van der Waals surface area contributed by atoms with Crippen molar-refractivity contribution in [1.82, 2.24) is 0 Å². The van der Waals surface area contributed by atoms with Crippen molar-refractivity contribution in [2.75, 3.05) is 0 Å². The molecule has 0 bridgehead atoms. The van der Waals surface area contributed by atoms with Gasteiger partial charge in [0, 0.05) is 5.92 Å². The molecule has 0 fully saturated rings. The zero-order valence-corrected chi connectivity index (χ0v) is 12.5. The van der Waals surface area contributed by atoms with Gasteiger partial charge in [-0.3, -0.25) is 0 Å². The molecule has 0 radical (unpaired) electrons. The van der Waals surface area contributed by atoms with Gasteiger partial charge in [-0.15, -0.1) is 0 Å². The first kappa shape index (κ1) is 13.9. The van der Waals surface area contributed by atoms with Crippen LogP contribution in [-0.2, 0) is 6.42 Å². The van der Waals surface area contributed by atoms with Crippen molar-refractivity contribution in [1.29, 1.82) is 0 Å². The largest absolute Gasteiger partial charge is 0.388 e. The first-order valence-corrected chi connectivity index (χ1v) is 7.63. The quantitative estimate of drug-likeness (QED) is 0.814. The van der Waals surface area contributed by atoms with E-state index in [0.717, 1.165) is 24.8 Å². The molecule has 3 rings (SSSR count). The molecule has 0 amide bonds. The van der Waals surface area contributed by atoms with Crippen LogP contribution in [0.1, 0.15) is 41.6 Å². The van der Waals surface area contributed by atoms with E-state index >= 15 is 0 Å². The van der Waals surface area contributed by atoms with Gasteiger partial charge in [-0.25, -0.2) is 0 Å². The summed E-state index contributed by atoms with van der Waals surface area (Å²) >= 11 is 12.0. The highest BCUT2D eigenvalue weighted by atomic mass is 35.5. The lowest BCUT2D eigenvalue weighted by atomic mass is 9.78. The Hall–Kier alpha value is -1.02. The van der Waals surface area contributed by atoms with E-state index in [-0.39, 0.29) is 5.92 Å². The molecule has 0 aliphatic heterocycles. The topological polar surface area (TPSA) is 20.2 Å². The van der Waals surface area contributed by atoms with Crippen LogP contribution in [0.25, 0.3) is 0 Å². The monoisotopic (exact) mass is 306 g/mol. The van der Waals surface area contributed by atoms with Gasteiger partial charge in [-0.2, -0.15) is 0 Å². The molecule has 1 aliphatic carbocycles. The maximum Gasteiger partial charge on any atom is 0.0859 e. The summed E-state index contributed by atoms with van der Waals surface area (Å²) in [5.74, 6) is 0.136. The minimum Gasteiger partial charge on any atom is -0.388 e. The second kappa shape index (κ2) is 5.77. The van der Waals surface area contributed by atoms with Crippen molar-refractivity contribution >= 4 is 23.2 Å². The Morgan fingerprint density at radius 3 is 2.65 bits per heavy atom. The Morgan fingerprint density at radius 2 is 1.85 bits per heavy atom. The van der Waals surface area contributed by atoms with Crippen LogP contribution in [0.2, 0.25) is 10.0 Å². The molecule has 2 unspecified atom stereocenters. The molecule has 20 heavy (non-hydrogen) atoms. The fraction of sp³-hybridized carbons (Fsp3) is 0.294. The lowest BCUT2D eigenvalue weighted by molar-refractivity contribution is 0.136. The second-order valence-electron chi connectivity index (χ2n) is 5.32. The van der Waals surface area contributed by atoms with Gasteiger partial charge >= 0.3 is 0 Å². The summed E-state index contributed by atoms with van der Waals surface area (Å²) in [4.78, 5) is 0. The predicted molar refractivity (Wildman–Crippen MR) is 83.5 cm³/mol. The molecule has 1 aliphatic rings. The van der Waals surface area contributed by atoms with Gasteiger partial charge < -0.3 is 5.11 Å². The summed E-state index contributed by atoms with van der Waals surface area (Å²) in [6, 6.07) is 13.8. The number of rotatable bonds is 2. The van der Waals surface area contributed by atoms with Crippen LogP contribution < -0.4 is 0 Å². The molecule has 0 spiro atoms. The number of hydrogen-bond acceptors (Lipinski definition) is 1. The molecule has 2 atom stereocenters. The zero-order valence-electron chi connectivity index (χ0n) is 11.0. The Balaban J connectivity index is 1.95. The fourth-order valence-electron chi connectivity index (χ4n) is 3.05. The summed E-state index contributed by atoms with van der Waals surface area (Å²) in [5, 5.41) is 11.7. The summed E-state index contributed by atoms with van der Waals surface area (Å²) in [5.41, 5.74) is 3.45. The number of halogens is 2. The van der Waals surface area contributed by atoms with E-state index in [2.05, 4.69) is 18.2 Å². The minimum atomic E-state index is -0.536. The third-order valence-corrected chi connectivity index (χ3v) is 4.82. The van der Waals surface area contributed by atoms with E-state index in [0.29, 0.717) is 10.0 Å². The number of benzene rings is 2. The first-order valence-electron chi connectivity index (χ1n) is 6.87. The molecule has 0 aromatic heterocycles. The molecule has 2 aromatic carbocycles. The number of fused-ring (bicyclic) bond motifs is 1. The predicted octanol–water partition coefficient (Wildman–Crippen LogP) is 5.15. The third kappa shape index (κ3) is 2.58. The van der Waals surface area contributed by atoms with Gasteiger partial charge in [-0.1, -0.05) is 53.5 Å². The minimum absolute atomic E-state index is 0.136. The van der Waals surface area contributed by atoms with Crippen LogP contribution in [0.15, 0.2) is 42.5 Å². The van der Waals surface area contributed by atoms with Gasteiger partial charge in [0.1, 0.15) is 0 Å². The van der Waals surface area contributed by atoms with Crippen molar-refractivity contribution in [3.8, 4) is 0 Å². The van der Waals surface area contributed by atoms with Gasteiger partial charge in [0.05, 0.1) is 16.1 Å². The van der Waals surface area contributed by atoms with E-state index in [4.69, 9.17) is 23.2 Å². The summed E-state index contributed by atoms with van der Waals surface area (Å²) in [6.45, 7) is 0. The highest BCUT2D eigenvalue weighted by Crippen LogP contribution is 2.41. The van der Waals surface area contributed by atoms with Crippen molar-refractivity contribution in [2.24, 2.45) is 0 Å². The number of aliphatic hydroxyl groups excluding tert-OH is 1. The number of aliphatic hydroxyl groups is 1. The molecule has 0 saturated carbocycles. The van der Waals surface area contributed by atoms with Gasteiger partial charge in [0.25, 0.3) is 0 Å². The summed E-state index contributed by atoms with van der Waals surface area (Å²) in [7, 11) is 0.